The standard InChI is InChI=1S/C21H20F6N4O4S/c1-9(2)31-15-7-11(35-20(23)24)6-13(22)16(15)17(19(28)32)18(31)14-5-4-12(8-29-14)36(33,34)30-10(3)21(25,26)27/h4-10,20,30H,1-3H3,(H2,28,32). The van der Waals surface area contributed by atoms with Crippen molar-refractivity contribution in [1.82, 2.24) is 14.3 Å². The number of carbonyl (C=O) groups is 1. The first-order valence-corrected chi connectivity index (χ1v) is 11.7. The van der Waals surface area contributed by atoms with Crippen molar-refractivity contribution in [3.8, 4) is 17.1 Å². The van der Waals surface area contributed by atoms with Crippen LogP contribution in [0.25, 0.3) is 22.3 Å². The fourth-order valence-corrected chi connectivity index (χ4v) is 4.78. The van der Waals surface area contributed by atoms with Gasteiger partial charge in [0.2, 0.25) is 10.0 Å². The number of nitrogens with two attached hydrogens (primary N) is 1. The summed E-state index contributed by atoms with van der Waals surface area (Å²) in [5.41, 5.74) is 4.99. The fourth-order valence-electron chi connectivity index (χ4n) is 3.61. The largest absolute Gasteiger partial charge is 0.435 e. The van der Waals surface area contributed by atoms with Gasteiger partial charge in [-0.15, -0.1) is 0 Å². The summed E-state index contributed by atoms with van der Waals surface area (Å²) in [5, 5.41) is -0.299. The molecule has 0 aliphatic rings. The van der Waals surface area contributed by atoms with E-state index in [0.717, 1.165) is 24.4 Å². The van der Waals surface area contributed by atoms with Crippen molar-refractivity contribution in [2.24, 2.45) is 5.73 Å². The topological polar surface area (TPSA) is 116 Å². The van der Waals surface area contributed by atoms with E-state index >= 15 is 0 Å². The molecule has 0 saturated heterocycles. The number of sulfonamides is 1. The predicted octanol–water partition coefficient (Wildman–Crippen LogP) is 4.35. The molecule has 0 spiro atoms. The van der Waals surface area contributed by atoms with Gasteiger partial charge in [-0.3, -0.25) is 9.78 Å². The van der Waals surface area contributed by atoms with Crippen molar-refractivity contribution >= 4 is 26.8 Å². The zero-order chi connectivity index (χ0) is 27.2. The quantitative estimate of drug-likeness (QED) is 0.414. The Morgan fingerprint density at radius 2 is 1.81 bits per heavy atom. The van der Waals surface area contributed by atoms with Crippen LogP contribution in [0.3, 0.4) is 0 Å². The fraction of sp³-hybridized carbons (Fsp3) is 0.333. The number of primary amides is 1. The molecule has 0 saturated carbocycles. The molecule has 3 N–H and O–H groups in total. The van der Waals surface area contributed by atoms with Crippen molar-refractivity contribution < 1.29 is 44.3 Å². The first-order valence-electron chi connectivity index (χ1n) is 10.2. The molecule has 15 heteroatoms. The van der Waals surface area contributed by atoms with Crippen LogP contribution in [0.4, 0.5) is 26.3 Å². The van der Waals surface area contributed by atoms with Gasteiger partial charge >= 0.3 is 12.8 Å². The number of nitrogens with one attached hydrogen (secondary N) is 1. The maximum atomic E-state index is 15.0. The van der Waals surface area contributed by atoms with E-state index in [2.05, 4.69) is 9.72 Å². The summed E-state index contributed by atoms with van der Waals surface area (Å²) in [6.45, 7) is 0.644. The molecule has 1 aromatic carbocycles. The number of hydrogen-bond acceptors (Lipinski definition) is 5. The van der Waals surface area contributed by atoms with Crippen LogP contribution < -0.4 is 15.2 Å². The van der Waals surface area contributed by atoms with Gasteiger partial charge in [0, 0.05) is 29.8 Å². The zero-order valence-electron chi connectivity index (χ0n) is 18.9. The molecule has 2 aromatic heterocycles. The summed E-state index contributed by atoms with van der Waals surface area (Å²) >= 11 is 0. The summed E-state index contributed by atoms with van der Waals surface area (Å²) < 4.78 is 111. The Kier molecular flexibility index (Phi) is 7.28. The van der Waals surface area contributed by atoms with Crippen molar-refractivity contribution in [1.29, 1.82) is 0 Å². The second-order valence-electron chi connectivity index (χ2n) is 7.99. The van der Waals surface area contributed by atoms with Crippen molar-refractivity contribution in [3.63, 3.8) is 0 Å². The van der Waals surface area contributed by atoms with E-state index in [0.29, 0.717) is 13.0 Å². The van der Waals surface area contributed by atoms with Crippen LogP contribution >= 0.6 is 0 Å². The lowest BCUT2D eigenvalue weighted by Crippen LogP contribution is -2.42. The molecule has 3 aromatic rings. The molecule has 0 fully saturated rings. The van der Waals surface area contributed by atoms with E-state index in [1.807, 2.05) is 0 Å². The highest BCUT2D eigenvalue weighted by Crippen LogP contribution is 2.39. The average molecular weight is 538 g/mol. The Morgan fingerprint density at radius 1 is 1.17 bits per heavy atom. The molecule has 1 amide bonds. The van der Waals surface area contributed by atoms with Crippen LogP contribution in [-0.4, -0.2) is 42.7 Å². The van der Waals surface area contributed by atoms with Gasteiger partial charge < -0.3 is 15.0 Å². The summed E-state index contributed by atoms with van der Waals surface area (Å²) in [6, 6.07) is 0.896. The van der Waals surface area contributed by atoms with E-state index in [1.165, 1.54) is 9.29 Å². The number of hydrogen-bond donors (Lipinski definition) is 2. The van der Waals surface area contributed by atoms with Gasteiger partial charge in [-0.05, 0) is 32.9 Å². The highest BCUT2D eigenvalue weighted by atomic mass is 32.2. The van der Waals surface area contributed by atoms with Crippen molar-refractivity contribution in [2.75, 3.05) is 0 Å². The Hall–Kier alpha value is -3.33. The number of carbonyl (C=O) groups excluding carboxylic acids is 1. The molecule has 8 nitrogen and oxygen atoms in total. The molecule has 0 radical (unpaired) electrons. The molecule has 36 heavy (non-hydrogen) atoms. The van der Waals surface area contributed by atoms with Crippen molar-refractivity contribution in [3.05, 3.63) is 41.8 Å². The third-order valence-electron chi connectivity index (χ3n) is 5.13. The molecular formula is C21H20F6N4O4S. The van der Waals surface area contributed by atoms with Crippen molar-refractivity contribution in [2.45, 2.75) is 50.5 Å². The van der Waals surface area contributed by atoms with Crippen LogP contribution in [-0.2, 0) is 10.0 Å². The summed E-state index contributed by atoms with van der Waals surface area (Å²) in [4.78, 5) is 15.7. The minimum atomic E-state index is -4.83. The number of halogens is 6. The van der Waals surface area contributed by atoms with E-state index < -0.39 is 57.3 Å². The average Bonchev–Trinajstić information content (AvgIpc) is 3.08. The highest BCUT2D eigenvalue weighted by Gasteiger charge is 2.39. The monoisotopic (exact) mass is 538 g/mol. The minimum Gasteiger partial charge on any atom is -0.435 e. The van der Waals surface area contributed by atoms with E-state index in [-0.39, 0.29) is 27.9 Å². The Balaban J connectivity index is 2.21. The Morgan fingerprint density at radius 3 is 2.28 bits per heavy atom. The molecule has 0 aliphatic carbocycles. The minimum absolute atomic E-state index is 0.0244. The highest BCUT2D eigenvalue weighted by molar-refractivity contribution is 7.89. The normalized spacial score (nSPS) is 13.5. The molecule has 0 aliphatic heterocycles. The predicted molar refractivity (Wildman–Crippen MR) is 117 cm³/mol. The van der Waals surface area contributed by atoms with Gasteiger partial charge in [-0.2, -0.15) is 26.7 Å². The lowest BCUT2D eigenvalue weighted by molar-refractivity contribution is -0.147. The number of alkyl halides is 5. The van der Waals surface area contributed by atoms with Crippen LogP contribution in [0.1, 0.15) is 37.2 Å². The molecular weight excluding hydrogens is 518 g/mol. The second kappa shape index (κ2) is 9.61. The van der Waals surface area contributed by atoms with Gasteiger partial charge in [0.05, 0.1) is 22.5 Å². The number of aromatic nitrogens is 2. The number of amides is 1. The summed E-state index contributed by atoms with van der Waals surface area (Å²) in [5.74, 6) is -2.69. The molecule has 3 rings (SSSR count). The maximum Gasteiger partial charge on any atom is 0.404 e. The third kappa shape index (κ3) is 5.26. The number of pyridine rings is 1. The number of rotatable bonds is 8. The first-order chi connectivity index (χ1) is 16.5. The number of nitrogens with zero attached hydrogens (tertiary/aromatic N) is 2. The lowest BCUT2D eigenvalue weighted by atomic mass is 10.1. The molecule has 1 atom stereocenters. The molecule has 1 unspecified atom stereocenters. The van der Waals surface area contributed by atoms with E-state index in [4.69, 9.17) is 5.73 Å². The first kappa shape index (κ1) is 27.3. The Labute approximate surface area is 201 Å². The number of fused-ring (bicyclic) bond motifs is 1. The molecule has 196 valence electrons. The molecule has 0 bridgehead atoms. The lowest BCUT2D eigenvalue weighted by Gasteiger charge is -2.18. The van der Waals surface area contributed by atoms with Crippen LogP contribution in [0.15, 0.2) is 35.4 Å². The third-order valence-corrected chi connectivity index (χ3v) is 6.66. The number of benzene rings is 1. The van der Waals surface area contributed by atoms with E-state index in [1.54, 1.807) is 13.8 Å². The Bertz CT molecular complexity index is 1400. The van der Waals surface area contributed by atoms with Gasteiger partial charge in [0.15, 0.2) is 0 Å². The molecule has 2 heterocycles. The maximum absolute atomic E-state index is 15.0. The van der Waals surface area contributed by atoms with Gasteiger partial charge in [0.25, 0.3) is 5.91 Å². The smallest absolute Gasteiger partial charge is 0.404 e. The van der Waals surface area contributed by atoms with Crippen LogP contribution in [0.5, 0.6) is 5.75 Å². The van der Waals surface area contributed by atoms with Crippen LogP contribution in [0.2, 0.25) is 0 Å². The zero-order valence-corrected chi connectivity index (χ0v) is 19.7. The number of ether oxygens (including phenoxy) is 1. The summed E-state index contributed by atoms with van der Waals surface area (Å²) in [7, 11) is -4.62. The van der Waals surface area contributed by atoms with Gasteiger partial charge in [-0.1, -0.05) is 0 Å². The van der Waals surface area contributed by atoms with Gasteiger partial charge in [-0.25, -0.2) is 12.8 Å². The summed E-state index contributed by atoms with van der Waals surface area (Å²) in [6.07, 6.45) is -4.07. The van der Waals surface area contributed by atoms with Gasteiger partial charge in [0.1, 0.15) is 22.5 Å². The van der Waals surface area contributed by atoms with Crippen LogP contribution in [0, 0.1) is 5.82 Å². The van der Waals surface area contributed by atoms with E-state index in [9.17, 15) is 39.6 Å². The second-order valence-corrected chi connectivity index (χ2v) is 9.71. The SMILES string of the molecule is CC(C)n1c(-c2ccc(S(=O)(=O)NC(C)C(F)(F)F)cn2)c(C(N)=O)c2c(F)cc(OC(F)F)cc21.